The average Bonchev–Trinajstić information content (AvgIpc) is 3.41. The quantitative estimate of drug-likeness (QED) is 0.0575. The number of carbonyl (C=O) groups is 3. The zero-order chi connectivity index (χ0) is 33.9. The highest BCUT2D eigenvalue weighted by Crippen LogP contribution is 2.42. The molecule has 7 N–H and O–H groups in total. The van der Waals surface area contributed by atoms with E-state index in [-0.39, 0.29) is 27.7 Å². The van der Waals surface area contributed by atoms with Crippen molar-refractivity contribution in [2.45, 2.75) is 52.8 Å². The lowest BCUT2D eigenvalue weighted by Gasteiger charge is -2.18. The third-order valence-corrected chi connectivity index (χ3v) is 10.5. The second kappa shape index (κ2) is 16.3. The lowest BCUT2D eigenvalue weighted by molar-refractivity contribution is -0.192. The van der Waals surface area contributed by atoms with E-state index in [1.165, 1.54) is 17.8 Å². The Kier molecular flexibility index (Phi) is 13.4. The first kappa shape index (κ1) is 37.1. The summed E-state index contributed by atoms with van der Waals surface area (Å²) in [7, 11) is -4.13. The van der Waals surface area contributed by atoms with Crippen LogP contribution in [-0.4, -0.2) is 61.4 Å². The zero-order valence-electron chi connectivity index (χ0n) is 24.0. The first-order valence-electron chi connectivity index (χ1n) is 13.0. The number of carboxylic acids is 2. The number of aliphatic carboxylic acids is 2. The van der Waals surface area contributed by atoms with E-state index in [4.69, 9.17) is 26.2 Å². The van der Waals surface area contributed by atoms with Crippen molar-refractivity contribution in [3.63, 3.8) is 0 Å². The maximum atomic E-state index is 14.1. The number of amides is 2. The summed E-state index contributed by atoms with van der Waals surface area (Å²) in [4.78, 5) is 32.6. The molecule has 244 valence electrons. The number of hydrogen-bond donors (Lipinski definition) is 6. The van der Waals surface area contributed by atoms with Crippen LogP contribution in [0.25, 0.3) is 11.1 Å². The number of thiophene rings is 1. The van der Waals surface area contributed by atoms with E-state index in [1.807, 2.05) is 30.3 Å². The van der Waals surface area contributed by atoms with Gasteiger partial charge in [0.25, 0.3) is 0 Å². The van der Waals surface area contributed by atoms with E-state index in [1.54, 1.807) is 25.3 Å². The molecule has 0 saturated carbocycles. The molecule has 0 bridgehead atoms. The molecule has 1 aromatic heterocycles. The Morgan fingerprint density at radius 1 is 1.04 bits per heavy atom. The highest BCUT2D eigenvalue weighted by Gasteiger charge is 2.38. The van der Waals surface area contributed by atoms with Crippen LogP contribution in [0.5, 0.6) is 0 Å². The van der Waals surface area contributed by atoms with Crippen LogP contribution >= 0.6 is 23.1 Å². The fraction of sp³-hybridized carbons (Fsp3) is 0.286. The van der Waals surface area contributed by atoms with E-state index in [9.17, 15) is 31.2 Å². The molecule has 45 heavy (non-hydrogen) atoms. The predicted octanol–water partition coefficient (Wildman–Crippen LogP) is 5.96. The van der Waals surface area contributed by atoms with Crippen LogP contribution in [0.1, 0.15) is 36.1 Å². The van der Waals surface area contributed by atoms with Gasteiger partial charge in [0.05, 0.1) is 24.6 Å². The minimum Gasteiger partial charge on any atom is -0.481 e. The molecule has 0 atom stereocenters. The van der Waals surface area contributed by atoms with Crippen molar-refractivity contribution in [1.29, 1.82) is 5.41 Å². The van der Waals surface area contributed by atoms with E-state index < -0.39 is 34.0 Å². The number of rotatable bonds is 12. The number of unbranched alkanes of at least 4 members (excludes halogenated alkanes) is 2. The van der Waals surface area contributed by atoms with Gasteiger partial charge in [-0.1, -0.05) is 42.8 Å². The summed E-state index contributed by atoms with van der Waals surface area (Å²) in [6.07, 6.45) is -1.50. The molecule has 0 saturated heterocycles. The number of carbonyl (C=O) groups excluding carboxylic acids is 1. The summed E-state index contributed by atoms with van der Waals surface area (Å²) >= 11 is 2.38. The Labute approximate surface area is 265 Å². The van der Waals surface area contributed by atoms with Crippen molar-refractivity contribution in [3.8, 4) is 11.1 Å². The van der Waals surface area contributed by atoms with Crippen LogP contribution in [0.3, 0.4) is 0 Å². The molecular weight excluding hydrogens is 658 g/mol. The number of nitrogens with two attached hydrogens (primary N) is 1. The van der Waals surface area contributed by atoms with Gasteiger partial charge in [-0.05, 0) is 54.8 Å². The van der Waals surface area contributed by atoms with Crippen molar-refractivity contribution in [2.75, 3.05) is 18.1 Å². The van der Waals surface area contributed by atoms with Crippen LogP contribution in [0.15, 0.2) is 62.5 Å². The van der Waals surface area contributed by atoms with Gasteiger partial charge in [-0.25, -0.2) is 18.0 Å². The van der Waals surface area contributed by atoms with E-state index in [0.717, 1.165) is 16.9 Å². The molecule has 0 aliphatic heterocycles. The number of benzene rings is 2. The second-order valence-electron chi connectivity index (χ2n) is 9.25. The van der Waals surface area contributed by atoms with E-state index in [0.29, 0.717) is 46.0 Å². The standard InChI is InChI=1S/C26H30N4O5S3.C2HF3O2/c1-16-18(17-9-5-3-6-10-17)12-13-19(30-26(33)29-14-8-4-7-11-22(31)32)23(16)38(34,35)21-15-20(24(27)28)37-25(21)36-2;3-2(4,5)1(6)7/h3,5-6,9-10,12-13,15H,4,7-8,11,14H2,1-2H3,(H3,27,28)(H,31,32)(H2,29,30,33);(H,6,7). The third-order valence-electron chi connectivity index (χ3n) is 6.01. The summed E-state index contributed by atoms with van der Waals surface area (Å²) in [5, 5.41) is 29.0. The number of sulfone groups is 1. The number of urea groups is 1. The number of carboxylic acid groups (broad SMARTS) is 2. The molecule has 2 aromatic carbocycles. The zero-order valence-corrected chi connectivity index (χ0v) is 26.5. The predicted molar refractivity (Wildman–Crippen MR) is 166 cm³/mol. The molecule has 3 rings (SSSR count). The number of thioether (sulfide) groups is 1. The van der Waals surface area contributed by atoms with Gasteiger partial charge in [-0.2, -0.15) is 13.2 Å². The highest BCUT2D eigenvalue weighted by atomic mass is 32.2. The molecule has 2 amide bonds. The van der Waals surface area contributed by atoms with Crippen molar-refractivity contribution in [2.24, 2.45) is 5.73 Å². The second-order valence-corrected chi connectivity index (χ2v) is 13.2. The van der Waals surface area contributed by atoms with Gasteiger partial charge in [-0.15, -0.1) is 23.1 Å². The Bertz CT molecular complexity index is 1640. The fourth-order valence-electron chi connectivity index (χ4n) is 3.94. The number of hydrogen-bond acceptors (Lipinski definition) is 8. The number of nitrogens with one attached hydrogen (secondary N) is 3. The van der Waals surface area contributed by atoms with Gasteiger partial charge in [0.2, 0.25) is 9.84 Å². The van der Waals surface area contributed by atoms with Gasteiger partial charge in [0, 0.05) is 13.0 Å². The summed E-state index contributed by atoms with van der Waals surface area (Å²) in [6.45, 7) is 2.02. The third kappa shape index (κ3) is 10.5. The molecule has 0 fully saturated rings. The topological polar surface area (TPSA) is 200 Å². The fourth-order valence-corrected chi connectivity index (χ4v) is 8.19. The minimum absolute atomic E-state index is 0.0290. The summed E-state index contributed by atoms with van der Waals surface area (Å²) in [6, 6.07) is 13.6. The number of anilines is 1. The number of alkyl halides is 3. The number of amidine groups is 1. The molecular formula is C28H31F3N4O7S3. The van der Waals surface area contributed by atoms with Crippen LogP contribution in [0, 0.1) is 12.3 Å². The van der Waals surface area contributed by atoms with Crippen molar-refractivity contribution < 1.29 is 46.2 Å². The van der Waals surface area contributed by atoms with E-state index in [2.05, 4.69) is 10.6 Å². The first-order valence-corrected chi connectivity index (χ1v) is 16.6. The SMILES string of the molecule is CSc1sc(C(=N)N)cc1S(=O)(=O)c1c(NC(=O)NCCCCCC(=O)O)ccc(-c2ccccc2)c1C.O=C(O)C(F)(F)F. The molecule has 0 radical (unpaired) electrons. The highest BCUT2D eigenvalue weighted by molar-refractivity contribution is 8.01. The monoisotopic (exact) mass is 688 g/mol. The first-order chi connectivity index (χ1) is 21.0. The smallest absolute Gasteiger partial charge is 0.481 e. The van der Waals surface area contributed by atoms with Gasteiger partial charge >= 0.3 is 24.1 Å². The Morgan fingerprint density at radius 2 is 1.67 bits per heavy atom. The molecule has 0 aliphatic rings. The van der Waals surface area contributed by atoms with Crippen molar-refractivity contribution in [1.82, 2.24) is 5.32 Å². The normalized spacial score (nSPS) is 11.2. The molecule has 3 aromatic rings. The van der Waals surface area contributed by atoms with Crippen LogP contribution in [0.2, 0.25) is 0 Å². The van der Waals surface area contributed by atoms with Gasteiger partial charge in [0.15, 0.2) is 0 Å². The largest absolute Gasteiger partial charge is 0.490 e. The Hall–Kier alpha value is -4.09. The lowest BCUT2D eigenvalue weighted by atomic mass is 10.00. The van der Waals surface area contributed by atoms with Crippen LogP contribution < -0.4 is 16.4 Å². The average molecular weight is 689 g/mol. The van der Waals surface area contributed by atoms with Crippen molar-refractivity contribution >= 4 is 62.4 Å². The maximum absolute atomic E-state index is 14.1. The van der Waals surface area contributed by atoms with Gasteiger partial charge in [-0.3, -0.25) is 10.2 Å². The molecule has 0 unspecified atom stereocenters. The molecule has 0 spiro atoms. The summed E-state index contributed by atoms with van der Waals surface area (Å²) in [5.41, 5.74) is 7.80. The van der Waals surface area contributed by atoms with Gasteiger partial charge in [0.1, 0.15) is 5.84 Å². The molecule has 1 heterocycles. The molecule has 0 aliphatic carbocycles. The van der Waals surface area contributed by atoms with Gasteiger partial charge < -0.3 is 26.6 Å². The minimum atomic E-state index is -5.08. The molecule has 11 nitrogen and oxygen atoms in total. The number of halogens is 3. The molecule has 17 heteroatoms. The summed E-state index contributed by atoms with van der Waals surface area (Å²) in [5.74, 6) is -3.83. The lowest BCUT2D eigenvalue weighted by Crippen LogP contribution is -2.30. The Balaban J connectivity index is 0.000000900. The Morgan fingerprint density at radius 3 is 2.20 bits per heavy atom. The maximum Gasteiger partial charge on any atom is 0.490 e. The van der Waals surface area contributed by atoms with E-state index >= 15 is 0 Å². The van der Waals surface area contributed by atoms with Crippen LogP contribution in [0.4, 0.5) is 23.7 Å². The van der Waals surface area contributed by atoms with Crippen LogP contribution in [-0.2, 0) is 19.4 Å². The number of nitrogen functional groups attached to an aromatic ring is 1. The summed E-state index contributed by atoms with van der Waals surface area (Å²) < 4.78 is 60.4. The van der Waals surface area contributed by atoms with Crippen molar-refractivity contribution in [3.05, 3.63) is 59.0 Å².